The first-order valence-corrected chi connectivity index (χ1v) is 9.42. The van der Waals surface area contributed by atoms with Crippen LogP contribution in [0.5, 0.6) is 0 Å². The molecule has 1 nitrogen and oxygen atoms in total. The van der Waals surface area contributed by atoms with Crippen molar-refractivity contribution in [3.63, 3.8) is 0 Å². The summed E-state index contributed by atoms with van der Waals surface area (Å²) in [5.41, 5.74) is 1.20. The third kappa shape index (κ3) is 1.79. The van der Waals surface area contributed by atoms with Gasteiger partial charge in [0.15, 0.2) is 0 Å². The zero-order chi connectivity index (χ0) is 15.1. The van der Waals surface area contributed by atoms with Crippen molar-refractivity contribution in [3.05, 3.63) is 0 Å². The Kier molecular flexibility index (Phi) is 2.82. The molecule has 4 aliphatic carbocycles. The fourth-order valence-electron chi connectivity index (χ4n) is 8.12. The fraction of sp³-hybridized carbons (Fsp3) is 1.00. The molecule has 0 radical (unpaired) electrons. The molecule has 0 aromatic heterocycles. The van der Waals surface area contributed by atoms with E-state index in [4.69, 9.17) is 0 Å². The highest BCUT2D eigenvalue weighted by molar-refractivity contribution is 5.15. The molecule has 120 valence electrons. The summed E-state index contributed by atoms with van der Waals surface area (Å²) in [6, 6.07) is 0. The molecule has 21 heavy (non-hydrogen) atoms. The third-order valence-corrected chi connectivity index (χ3v) is 8.79. The lowest BCUT2D eigenvalue weighted by Crippen LogP contribution is -2.55. The molecule has 4 rings (SSSR count). The fourth-order valence-corrected chi connectivity index (χ4v) is 8.12. The molecule has 2 bridgehead atoms. The van der Waals surface area contributed by atoms with Gasteiger partial charge in [0.2, 0.25) is 0 Å². The summed E-state index contributed by atoms with van der Waals surface area (Å²) >= 11 is 0. The van der Waals surface area contributed by atoms with Gasteiger partial charge >= 0.3 is 0 Å². The molecule has 6 atom stereocenters. The molecule has 1 heteroatoms. The molecule has 4 saturated carbocycles. The highest BCUT2D eigenvalue weighted by atomic mass is 16.3. The lowest BCUT2D eigenvalue weighted by molar-refractivity contribution is -0.145. The van der Waals surface area contributed by atoms with Crippen molar-refractivity contribution in [2.75, 3.05) is 0 Å². The second-order valence-electron chi connectivity index (χ2n) is 10.4. The Labute approximate surface area is 130 Å². The smallest absolute Gasteiger partial charge is 0.0653 e. The summed E-state index contributed by atoms with van der Waals surface area (Å²) < 4.78 is 0. The van der Waals surface area contributed by atoms with Crippen LogP contribution in [0.2, 0.25) is 0 Å². The standard InChI is InChI=1S/C20H34O/c1-17(2)9-5-10-18(3)15(17)8-11-20-12-14(6-7-16(18)20)19(4,21)13-20/h14-16,21H,5-13H2,1-4H3/t14-,15+,16-,18+,19-,20+/m1/s1. The molecular weight excluding hydrogens is 256 g/mol. The van der Waals surface area contributed by atoms with E-state index in [0.717, 1.165) is 18.3 Å². The monoisotopic (exact) mass is 290 g/mol. The molecule has 4 fully saturated rings. The summed E-state index contributed by atoms with van der Waals surface area (Å²) in [5, 5.41) is 10.9. The van der Waals surface area contributed by atoms with E-state index in [0.29, 0.717) is 22.2 Å². The maximum Gasteiger partial charge on any atom is 0.0653 e. The molecule has 0 aromatic carbocycles. The van der Waals surface area contributed by atoms with Crippen LogP contribution in [0.25, 0.3) is 0 Å². The van der Waals surface area contributed by atoms with Gasteiger partial charge in [-0.25, -0.2) is 0 Å². The number of rotatable bonds is 0. The number of hydrogen-bond donors (Lipinski definition) is 1. The average Bonchev–Trinajstić information content (AvgIpc) is 2.53. The molecule has 0 unspecified atom stereocenters. The first-order chi connectivity index (χ1) is 9.70. The van der Waals surface area contributed by atoms with Crippen molar-refractivity contribution in [1.29, 1.82) is 0 Å². The Hall–Kier alpha value is -0.0400. The second-order valence-corrected chi connectivity index (χ2v) is 10.4. The third-order valence-electron chi connectivity index (χ3n) is 8.79. The summed E-state index contributed by atoms with van der Waals surface area (Å²) in [7, 11) is 0. The summed E-state index contributed by atoms with van der Waals surface area (Å²) in [5.74, 6) is 2.38. The highest BCUT2D eigenvalue weighted by Gasteiger charge is 2.65. The van der Waals surface area contributed by atoms with E-state index in [1.54, 1.807) is 0 Å². The van der Waals surface area contributed by atoms with Gasteiger partial charge in [-0.15, -0.1) is 0 Å². The summed E-state index contributed by atoms with van der Waals surface area (Å²) in [4.78, 5) is 0. The van der Waals surface area contributed by atoms with E-state index in [1.165, 1.54) is 51.4 Å². The summed E-state index contributed by atoms with van der Waals surface area (Å²) in [6.45, 7) is 9.83. The van der Waals surface area contributed by atoms with Crippen LogP contribution < -0.4 is 0 Å². The Morgan fingerprint density at radius 1 is 0.857 bits per heavy atom. The van der Waals surface area contributed by atoms with E-state index >= 15 is 0 Å². The van der Waals surface area contributed by atoms with Gasteiger partial charge in [0.05, 0.1) is 5.60 Å². The highest BCUT2D eigenvalue weighted by Crippen LogP contribution is 2.72. The lowest BCUT2D eigenvalue weighted by atomic mass is 9.41. The molecule has 0 saturated heterocycles. The quantitative estimate of drug-likeness (QED) is 0.652. The number of hydrogen-bond acceptors (Lipinski definition) is 1. The Balaban J connectivity index is 1.73. The second kappa shape index (κ2) is 4.08. The molecule has 0 amide bonds. The van der Waals surface area contributed by atoms with Gasteiger partial charge in [0.25, 0.3) is 0 Å². The van der Waals surface area contributed by atoms with Crippen molar-refractivity contribution in [1.82, 2.24) is 0 Å². The van der Waals surface area contributed by atoms with Crippen LogP contribution >= 0.6 is 0 Å². The largest absolute Gasteiger partial charge is 0.390 e. The maximum atomic E-state index is 10.9. The molecule has 0 aromatic rings. The predicted octanol–water partition coefficient (Wildman–Crippen LogP) is 5.17. The number of aliphatic hydroxyl groups is 1. The van der Waals surface area contributed by atoms with Gasteiger partial charge in [-0.05, 0) is 92.3 Å². The molecular formula is C20H34O. The van der Waals surface area contributed by atoms with Crippen molar-refractivity contribution >= 4 is 0 Å². The Morgan fingerprint density at radius 2 is 1.62 bits per heavy atom. The van der Waals surface area contributed by atoms with Crippen LogP contribution in [0.4, 0.5) is 0 Å². The predicted molar refractivity (Wildman–Crippen MR) is 87.0 cm³/mol. The maximum absolute atomic E-state index is 10.9. The van der Waals surface area contributed by atoms with Crippen molar-refractivity contribution < 1.29 is 5.11 Å². The van der Waals surface area contributed by atoms with E-state index in [1.807, 2.05) is 0 Å². The van der Waals surface area contributed by atoms with Crippen LogP contribution in [0.15, 0.2) is 0 Å². The first kappa shape index (κ1) is 14.5. The topological polar surface area (TPSA) is 20.2 Å². The Morgan fingerprint density at radius 3 is 2.38 bits per heavy atom. The molecule has 0 aliphatic heterocycles. The normalized spacial score (nSPS) is 58.4. The van der Waals surface area contributed by atoms with E-state index in [9.17, 15) is 5.11 Å². The van der Waals surface area contributed by atoms with Crippen LogP contribution in [0.3, 0.4) is 0 Å². The minimum Gasteiger partial charge on any atom is -0.390 e. The zero-order valence-electron chi connectivity index (χ0n) is 14.5. The molecule has 0 heterocycles. The van der Waals surface area contributed by atoms with Crippen LogP contribution in [0, 0.1) is 34.0 Å². The average molecular weight is 290 g/mol. The van der Waals surface area contributed by atoms with E-state index < -0.39 is 0 Å². The SMILES string of the molecule is CC1(C)CCC[C@@]2(C)[C@H]1CC[C@@]13C[C@@H](CC[C@@H]12)[C@](C)(O)C3. The lowest BCUT2D eigenvalue weighted by Gasteiger charge is -2.64. The van der Waals surface area contributed by atoms with Crippen molar-refractivity contribution in [2.45, 2.75) is 91.1 Å². The van der Waals surface area contributed by atoms with Gasteiger partial charge in [-0.2, -0.15) is 0 Å². The van der Waals surface area contributed by atoms with Crippen molar-refractivity contribution in [3.8, 4) is 0 Å². The van der Waals surface area contributed by atoms with Crippen LogP contribution in [0.1, 0.15) is 85.5 Å². The van der Waals surface area contributed by atoms with Crippen LogP contribution in [-0.4, -0.2) is 10.7 Å². The van der Waals surface area contributed by atoms with Gasteiger partial charge in [-0.3, -0.25) is 0 Å². The van der Waals surface area contributed by atoms with Gasteiger partial charge < -0.3 is 5.11 Å². The molecule has 1 spiro atoms. The van der Waals surface area contributed by atoms with Gasteiger partial charge in [0, 0.05) is 0 Å². The van der Waals surface area contributed by atoms with E-state index in [2.05, 4.69) is 27.7 Å². The molecule has 1 N–H and O–H groups in total. The van der Waals surface area contributed by atoms with Gasteiger partial charge in [-0.1, -0.05) is 27.2 Å². The van der Waals surface area contributed by atoms with E-state index in [-0.39, 0.29) is 5.60 Å². The molecule has 4 aliphatic rings. The van der Waals surface area contributed by atoms with Crippen LogP contribution in [-0.2, 0) is 0 Å². The summed E-state index contributed by atoms with van der Waals surface area (Å²) in [6.07, 6.45) is 12.2. The minimum absolute atomic E-state index is 0.373. The van der Waals surface area contributed by atoms with Gasteiger partial charge in [0.1, 0.15) is 0 Å². The first-order valence-electron chi connectivity index (χ1n) is 9.42. The minimum atomic E-state index is -0.373. The number of fused-ring (bicyclic) bond motifs is 3. The zero-order valence-corrected chi connectivity index (χ0v) is 14.5. The van der Waals surface area contributed by atoms with Crippen molar-refractivity contribution in [2.24, 2.45) is 34.0 Å². The Bertz CT molecular complexity index is 451.